The molecule has 2 fully saturated rings. The Bertz CT molecular complexity index is 1890. The summed E-state index contributed by atoms with van der Waals surface area (Å²) < 4.78 is 17.3. The lowest BCUT2D eigenvalue weighted by Crippen LogP contribution is -2.54. The SMILES string of the molecule is C=CCOC1CC([C@@H](O)[C@H](Cc2ccccc2)NC(=O)c2cc(C(=O)N3CCC[C@@H]3c3nc(C)cs3)cc(-c3ncco3)c2)N(C(=O)OC(C)(C)C)C1. The highest BCUT2D eigenvalue weighted by atomic mass is 32.1. The second-order valence-electron chi connectivity index (χ2n) is 14.6. The first-order valence-corrected chi connectivity index (χ1v) is 18.8. The monoisotopic (exact) mass is 741 g/mol. The first-order valence-electron chi connectivity index (χ1n) is 17.9. The van der Waals surface area contributed by atoms with Crippen molar-refractivity contribution in [2.24, 2.45) is 0 Å². The van der Waals surface area contributed by atoms with Gasteiger partial charge in [-0.2, -0.15) is 0 Å². The average Bonchev–Trinajstić information content (AvgIpc) is 3.97. The third-order valence-electron chi connectivity index (χ3n) is 9.36. The second-order valence-corrected chi connectivity index (χ2v) is 15.4. The Morgan fingerprint density at radius 1 is 1.15 bits per heavy atom. The molecule has 5 atom stereocenters. The summed E-state index contributed by atoms with van der Waals surface area (Å²) in [5.74, 6) is -0.483. The molecule has 53 heavy (non-hydrogen) atoms. The molecule has 4 heterocycles. The zero-order valence-electron chi connectivity index (χ0n) is 30.6. The van der Waals surface area contributed by atoms with E-state index >= 15 is 0 Å². The van der Waals surface area contributed by atoms with Crippen molar-refractivity contribution in [1.29, 1.82) is 0 Å². The van der Waals surface area contributed by atoms with Crippen LogP contribution in [0.15, 0.2) is 83.4 Å². The number of likely N-dealkylation sites (tertiary alicyclic amines) is 2. The van der Waals surface area contributed by atoms with E-state index in [9.17, 15) is 19.5 Å². The van der Waals surface area contributed by atoms with Crippen molar-refractivity contribution >= 4 is 29.2 Å². The van der Waals surface area contributed by atoms with Crippen molar-refractivity contribution in [3.63, 3.8) is 0 Å². The van der Waals surface area contributed by atoms with Gasteiger partial charge in [-0.3, -0.25) is 14.5 Å². The number of nitrogens with zero attached hydrogens (tertiary/aromatic N) is 4. The van der Waals surface area contributed by atoms with Crippen molar-refractivity contribution in [3.05, 3.63) is 106 Å². The van der Waals surface area contributed by atoms with Crippen LogP contribution >= 0.6 is 11.3 Å². The number of carbonyl (C=O) groups is 3. The summed E-state index contributed by atoms with van der Waals surface area (Å²) in [4.78, 5) is 54.2. The molecule has 0 bridgehead atoms. The molecule has 2 unspecified atom stereocenters. The normalized spacial score (nSPS) is 19.9. The molecule has 280 valence electrons. The number of rotatable bonds is 12. The average molecular weight is 742 g/mol. The van der Waals surface area contributed by atoms with Crippen molar-refractivity contribution in [1.82, 2.24) is 25.1 Å². The topological polar surface area (TPSA) is 147 Å². The van der Waals surface area contributed by atoms with Crippen LogP contribution in [0.4, 0.5) is 4.79 Å². The van der Waals surface area contributed by atoms with Gasteiger partial charge >= 0.3 is 6.09 Å². The maximum atomic E-state index is 14.3. The zero-order valence-corrected chi connectivity index (χ0v) is 31.4. The minimum Gasteiger partial charge on any atom is -0.445 e. The predicted molar refractivity (Wildman–Crippen MR) is 200 cm³/mol. The molecule has 6 rings (SSSR count). The van der Waals surface area contributed by atoms with Gasteiger partial charge in [0.25, 0.3) is 11.8 Å². The summed E-state index contributed by atoms with van der Waals surface area (Å²) in [6.45, 7) is 12.1. The number of carbonyl (C=O) groups excluding carboxylic acids is 3. The predicted octanol–water partition coefficient (Wildman–Crippen LogP) is 6.37. The number of aliphatic hydroxyl groups excluding tert-OH is 1. The van der Waals surface area contributed by atoms with Crippen LogP contribution in [-0.2, 0) is 15.9 Å². The Morgan fingerprint density at radius 2 is 1.92 bits per heavy atom. The van der Waals surface area contributed by atoms with Gasteiger partial charge in [0, 0.05) is 34.3 Å². The lowest BCUT2D eigenvalue weighted by Gasteiger charge is -2.34. The number of oxazole rings is 1. The summed E-state index contributed by atoms with van der Waals surface area (Å²) in [5, 5.41) is 18.1. The standard InChI is InChI=1S/C40H47N5O7S/c1-6-16-50-30-22-33(45(23-30)39(49)52-40(3,4)5)34(46)31(18-26-11-8-7-9-12-26)43-35(47)27-19-28(36-41-14-17-51-36)21-29(20-27)38(48)44-15-10-13-32(44)37-42-25(2)24-53-37/h6-9,11-12,14,17,19-21,24,30-34,46H,1,10,13,15-16,18,22-23H2,2-5H3,(H,43,47)/t30?,31-,32+,33?,34-/m0/s1. The van der Waals surface area contributed by atoms with Gasteiger partial charge in [-0.05, 0) is 77.1 Å². The third-order valence-corrected chi connectivity index (χ3v) is 10.4. The molecule has 2 saturated heterocycles. The fraction of sp³-hybridized carbons (Fsp3) is 0.425. The highest BCUT2D eigenvalue weighted by Crippen LogP contribution is 2.36. The van der Waals surface area contributed by atoms with Gasteiger partial charge < -0.3 is 29.2 Å². The summed E-state index contributed by atoms with van der Waals surface area (Å²) in [6, 6.07) is 12.6. The minimum atomic E-state index is -1.22. The number of ether oxygens (including phenoxy) is 2. The van der Waals surface area contributed by atoms with Gasteiger partial charge in [0.05, 0.1) is 49.7 Å². The highest BCUT2D eigenvalue weighted by Gasteiger charge is 2.44. The molecule has 4 aromatic rings. The van der Waals surface area contributed by atoms with Crippen LogP contribution in [-0.4, -0.2) is 92.4 Å². The molecule has 12 nitrogen and oxygen atoms in total. The van der Waals surface area contributed by atoms with E-state index in [0.717, 1.165) is 29.1 Å². The van der Waals surface area contributed by atoms with Crippen LogP contribution < -0.4 is 5.32 Å². The Labute approximate surface area is 313 Å². The van der Waals surface area contributed by atoms with E-state index in [1.165, 1.54) is 28.7 Å². The van der Waals surface area contributed by atoms with Crippen LogP contribution in [0, 0.1) is 6.92 Å². The molecule has 3 amide bonds. The first kappa shape index (κ1) is 37.9. The third kappa shape index (κ3) is 9.21. The number of thiazole rings is 1. The van der Waals surface area contributed by atoms with E-state index in [1.54, 1.807) is 45.0 Å². The Balaban J connectivity index is 1.32. The number of amides is 3. The molecule has 2 N–H and O–H groups in total. The first-order chi connectivity index (χ1) is 25.4. The quantitative estimate of drug-likeness (QED) is 0.158. The molecular formula is C40H47N5O7S. The van der Waals surface area contributed by atoms with Gasteiger partial charge in [-0.25, -0.2) is 14.8 Å². The van der Waals surface area contributed by atoms with Crippen molar-refractivity contribution in [2.45, 2.75) is 89.3 Å². The zero-order chi connectivity index (χ0) is 37.7. The maximum absolute atomic E-state index is 14.3. The smallest absolute Gasteiger partial charge is 0.410 e. The number of hydrogen-bond donors (Lipinski definition) is 2. The summed E-state index contributed by atoms with van der Waals surface area (Å²) in [6.07, 6.45) is 4.62. The molecule has 13 heteroatoms. The molecule has 2 aliphatic heterocycles. The van der Waals surface area contributed by atoms with E-state index in [2.05, 4.69) is 21.9 Å². The van der Waals surface area contributed by atoms with Gasteiger partial charge in [0.15, 0.2) is 0 Å². The number of benzene rings is 2. The number of aliphatic hydroxyl groups is 1. The molecule has 0 radical (unpaired) electrons. The van der Waals surface area contributed by atoms with E-state index < -0.39 is 35.8 Å². The van der Waals surface area contributed by atoms with Gasteiger partial charge in [0.1, 0.15) is 16.9 Å². The molecular weight excluding hydrogens is 695 g/mol. The Morgan fingerprint density at radius 3 is 2.60 bits per heavy atom. The largest absolute Gasteiger partial charge is 0.445 e. The molecule has 2 aliphatic rings. The Hall–Kier alpha value is -4.85. The summed E-state index contributed by atoms with van der Waals surface area (Å²) >= 11 is 1.54. The molecule has 2 aromatic heterocycles. The highest BCUT2D eigenvalue weighted by molar-refractivity contribution is 7.09. The lowest BCUT2D eigenvalue weighted by atomic mass is 9.94. The van der Waals surface area contributed by atoms with E-state index in [0.29, 0.717) is 24.1 Å². The fourth-order valence-corrected chi connectivity index (χ4v) is 7.92. The van der Waals surface area contributed by atoms with Gasteiger partial charge in [-0.1, -0.05) is 36.4 Å². The lowest BCUT2D eigenvalue weighted by molar-refractivity contribution is -0.00213. The number of aromatic nitrogens is 2. The number of aryl methyl sites for hydroxylation is 1. The van der Waals surface area contributed by atoms with Crippen LogP contribution in [0.25, 0.3) is 11.5 Å². The molecule has 0 spiro atoms. The van der Waals surface area contributed by atoms with E-state index in [-0.39, 0.29) is 49.1 Å². The minimum absolute atomic E-state index is 0.159. The molecule has 2 aromatic carbocycles. The van der Waals surface area contributed by atoms with Gasteiger partial charge in [0.2, 0.25) is 5.89 Å². The number of hydrogen-bond acceptors (Lipinski definition) is 10. The molecule has 0 saturated carbocycles. The van der Waals surface area contributed by atoms with Crippen LogP contribution in [0.3, 0.4) is 0 Å². The molecule has 0 aliphatic carbocycles. The van der Waals surface area contributed by atoms with Crippen LogP contribution in [0.5, 0.6) is 0 Å². The summed E-state index contributed by atoms with van der Waals surface area (Å²) in [7, 11) is 0. The van der Waals surface area contributed by atoms with Crippen LogP contribution in [0.1, 0.15) is 83.1 Å². The number of nitrogens with one attached hydrogen (secondary N) is 1. The Kier molecular flexibility index (Phi) is 11.8. The summed E-state index contributed by atoms with van der Waals surface area (Å²) in [5.41, 5.74) is 1.98. The maximum Gasteiger partial charge on any atom is 0.410 e. The van der Waals surface area contributed by atoms with Crippen LogP contribution in [0.2, 0.25) is 0 Å². The van der Waals surface area contributed by atoms with Crippen molar-refractivity contribution in [2.75, 3.05) is 19.7 Å². The van der Waals surface area contributed by atoms with E-state index in [1.807, 2.05) is 47.5 Å². The van der Waals surface area contributed by atoms with Crippen molar-refractivity contribution in [3.8, 4) is 11.5 Å². The van der Waals surface area contributed by atoms with E-state index in [4.69, 9.17) is 13.9 Å². The second kappa shape index (κ2) is 16.4. The fourth-order valence-electron chi connectivity index (χ4n) is 6.98. The van der Waals surface area contributed by atoms with Gasteiger partial charge in [-0.15, -0.1) is 17.9 Å². The van der Waals surface area contributed by atoms with Crippen molar-refractivity contribution < 1.29 is 33.4 Å².